The van der Waals surface area contributed by atoms with Gasteiger partial charge in [0.2, 0.25) is 0 Å². The first kappa shape index (κ1) is 19.4. The van der Waals surface area contributed by atoms with E-state index in [1.165, 1.54) is 57.8 Å². The Morgan fingerprint density at radius 2 is 1.35 bits per heavy atom. The van der Waals surface area contributed by atoms with E-state index < -0.39 is 5.97 Å². The second-order valence-electron chi connectivity index (χ2n) is 5.90. The Balaban J connectivity index is 3.44. The Morgan fingerprint density at radius 3 is 1.75 bits per heavy atom. The fraction of sp³-hybridized carbons (Fsp3) is 0.941. The lowest BCUT2D eigenvalue weighted by Crippen LogP contribution is -2.38. The fourth-order valence-corrected chi connectivity index (χ4v) is 2.58. The molecule has 20 heavy (non-hydrogen) atoms. The van der Waals surface area contributed by atoms with E-state index in [2.05, 4.69) is 6.92 Å². The van der Waals surface area contributed by atoms with Crippen molar-refractivity contribution in [2.24, 2.45) is 0 Å². The van der Waals surface area contributed by atoms with Crippen LogP contribution in [-0.2, 0) is 4.79 Å². The van der Waals surface area contributed by atoms with Gasteiger partial charge in [-0.15, -0.1) is 0 Å². The van der Waals surface area contributed by atoms with Crippen LogP contribution in [0.2, 0.25) is 0 Å². The topological polar surface area (TPSA) is 40.5 Å². The highest BCUT2D eigenvalue weighted by Crippen LogP contribution is 2.13. The third-order valence-electron chi connectivity index (χ3n) is 4.15. The zero-order valence-electron chi connectivity index (χ0n) is 13.9. The second-order valence-corrected chi connectivity index (χ2v) is 5.90. The second kappa shape index (κ2) is 13.4. The molecule has 0 aromatic carbocycles. The highest BCUT2D eigenvalue weighted by Gasteiger charge is 2.20. The smallest absolute Gasteiger partial charge is 0.320 e. The predicted octanol–water partition coefficient (Wildman–Crippen LogP) is 4.70. The molecule has 0 saturated heterocycles. The number of aliphatic carboxylic acids is 1. The normalized spacial score (nSPS) is 12.8. The van der Waals surface area contributed by atoms with E-state index in [4.69, 9.17) is 0 Å². The van der Waals surface area contributed by atoms with E-state index >= 15 is 0 Å². The molecule has 0 bridgehead atoms. The van der Waals surface area contributed by atoms with Crippen LogP contribution in [0, 0.1) is 0 Å². The molecule has 1 N–H and O–H groups in total. The lowest BCUT2D eigenvalue weighted by Gasteiger charge is -2.22. The number of carboxylic acid groups (broad SMARTS) is 1. The number of hydrogen-bond donors (Lipinski definition) is 1. The van der Waals surface area contributed by atoms with Gasteiger partial charge in [-0.1, -0.05) is 78.1 Å². The molecule has 120 valence electrons. The van der Waals surface area contributed by atoms with E-state index in [1.54, 1.807) is 0 Å². The summed E-state index contributed by atoms with van der Waals surface area (Å²) in [6.45, 7) is 5.06. The van der Waals surface area contributed by atoms with Crippen LogP contribution in [0.25, 0.3) is 0 Å². The summed E-state index contributed by atoms with van der Waals surface area (Å²) in [5, 5.41) is 9.18. The van der Waals surface area contributed by atoms with Crippen molar-refractivity contribution in [2.75, 3.05) is 13.6 Å². The number of nitrogens with zero attached hydrogens (tertiary/aromatic N) is 1. The van der Waals surface area contributed by atoms with Crippen LogP contribution in [-0.4, -0.2) is 35.6 Å². The van der Waals surface area contributed by atoms with Crippen molar-refractivity contribution < 1.29 is 9.90 Å². The van der Waals surface area contributed by atoms with Crippen LogP contribution in [0.1, 0.15) is 84.5 Å². The molecule has 0 fully saturated rings. The van der Waals surface area contributed by atoms with Gasteiger partial charge >= 0.3 is 5.97 Å². The summed E-state index contributed by atoms with van der Waals surface area (Å²) in [4.78, 5) is 13.1. The van der Waals surface area contributed by atoms with Crippen molar-refractivity contribution in [2.45, 2.75) is 90.5 Å². The quantitative estimate of drug-likeness (QED) is 0.470. The Kier molecular flexibility index (Phi) is 13.0. The van der Waals surface area contributed by atoms with Crippen LogP contribution in [0.4, 0.5) is 0 Å². The molecule has 0 aliphatic rings. The Morgan fingerprint density at radius 1 is 0.900 bits per heavy atom. The molecular formula is C17H35NO2. The summed E-state index contributed by atoms with van der Waals surface area (Å²) in [5.74, 6) is -0.676. The highest BCUT2D eigenvalue weighted by molar-refractivity contribution is 5.73. The van der Waals surface area contributed by atoms with Gasteiger partial charge in [-0.05, 0) is 20.0 Å². The maximum absolute atomic E-state index is 11.1. The lowest BCUT2D eigenvalue weighted by molar-refractivity contribution is -0.143. The SMILES string of the molecule is CCCCCCCCCCCCC(C(=O)O)N(C)CC. The number of unbranched alkanes of at least 4 members (excludes halogenated alkanes) is 9. The molecule has 3 nitrogen and oxygen atoms in total. The molecule has 0 spiro atoms. The van der Waals surface area contributed by atoms with Gasteiger partial charge in [0.25, 0.3) is 0 Å². The van der Waals surface area contributed by atoms with Gasteiger partial charge in [0.05, 0.1) is 0 Å². The largest absolute Gasteiger partial charge is 0.480 e. The molecule has 0 aromatic heterocycles. The summed E-state index contributed by atoms with van der Waals surface area (Å²) < 4.78 is 0. The summed E-state index contributed by atoms with van der Waals surface area (Å²) in [6, 6.07) is -0.297. The van der Waals surface area contributed by atoms with Crippen LogP contribution in [0.3, 0.4) is 0 Å². The standard InChI is InChI=1S/C17H35NO2/c1-4-6-7-8-9-10-11-12-13-14-15-16(17(19)20)18(3)5-2/h16H,4-15H2,1-3H3,(H,19,20). The van der Waals surface area contributed by atoms with Gasteiger partial charge in [0.1, 0.15) is 6.04 Å². The third-order valence-corrected chi connectivity index (χ3v) is 4.15. The Labute approximate surface area is 125 Å². The van der Waals surface area contributed by atoms with Crippen molar-refractivity contribution in [1.82, 2.24) is 4.90 Å². The lowest BCUT2D eigenvalue weighted by atomic mass is 10.0. The van der Waals surface area contributed by atoms with Crippen LogP contribution in [0.5, 0.6) is 0 Å². The molecule has 0 heterocycles. The van der Waals surface area contributed by atoms with Gasteiger partial charge in [0.15, 0.2) is 0 Å². The summed E-state index contributed by atoms with van der Waals surface area (Å²) in [7, 11) is 1.90. The zero-order chi connectivity index (χ0) is 15.2. The van der Waals surface area contributed by atoms with Crippen molar-refractivity contribution in [3.63, 3.8) is 0 Å². The molecule has 3 heteroatoms. The van der Waals surface area contributed by atoms with Crippen molar-refractivity contribution in [3.8, 4) is 0 Å². The van der Waals surface area contributed by atoms with Crippen molar-refractivity contribution >= 4 is 5.97 Å². The first-order valence-corrected chi connectivity index (χ1v) is 8.56. The fourth-order valence-electron chi connectivity index (χ4n) is 2.58. The van der Waals surface area contributed by atoms with Crippen LogP contribution in [0.15, 0.2) is 0 Å². The highest BCUT2D eigenvalue weighted by atomic mass is 16.4. The van der Waals surface area contributed by atoms with E-state index in [9.17, 15) is 9.90 Å². The van der Waals surface area contributed by atoms with Gasteiger partial charge in [-0.25, -0.2) is 0 Å². The molecule has 0 amide bonds. The Bertz CT molecular complexity index is 231. The monoisotopic (exact) mass is 285 g/mol. The van der Waals surface area contributed by atoms with Gasteiger partial charge < -0.3 is 5.11 Å². The molecule has 1 atom stereocenters. The Hall–Kier alpha value is -0.570. The maximum atomic E-state index is 11.1. The average Bonchev–Trinajstić information content (AvgIpc) is 2.43. The number of carbonyl (C=O) groups is 1. The zero-order valence-corrected chi connectivity index (χ0v) is 13.9. The molecule has 0 aromatic rings. The molecule has 0 saturated carbocycles. The van der Waals surface area contributed by atoms with Crippen LogP contribution < -0.4 is 0 Å². The first-order valence-electron chi connectivity index (χ1n) is 8.56. The molecular weight excluding hydrogens is 250 g/mol. The minimum absolute atomic E-state index is 0.297. The van der Waals surface area contributed by atoms with Crippen molar-refractivity contribution in [1.29, 1.82) is 0 Å². The average molecular weight is 285 g/mol. The molecule has 0 aliphatic carbocycles. The molecule has 1 unspecified atom stereocenters. The van der Waals surface area contributed by atoms with Gasteiger partial charge in [0, 0.05) is 0 Å². The van der Waals surface area contributed by atoms with Crippen molar-refractivity contribution in [3.05, 3.63) is 0 Å². The van der Waals surface area contributed by atoms with E-state index in [-0.39, 0.29) is 6.04 Å². The van der Waals surface area contributed by atoms with Gasteiger partial charge in [-0.2, -0.15) is 0 Å². The van der Waals surface area contributed by atoms with E-state index in [0.29, 0.717) is 0 Å². The summed E-state index contributed by atoms with van der Waals surface area (Å²) in [5.41, 5.74) is 0. The van der Waals surface area contributed by atoms with Crippen LogP contribution >= 0.6 is 0 Å². The number of carboxylic acids is 1. The number of rotatable bonds is 14. The first-order chi connectivity index (χ1) is 9.63. The molecule has 0 rings (SSSR count). The molecule has 0 radical (unpaired) electrons. The summed E-state index contributed by atoms with van der Waals surface area (Å²) in [6.07, 6.45) is 13.8. The minimum Gasteiger partial charge on any atom is -0.480 e. The third kappa shape index (κ3) is 10.2. The number of hydrogen-bond acceptors (Lipinski definition) is 2. The minimum atomic E-state index is -0.676. The maximum Gasteiger partial charge on any atom is 0.320 e. The summed E-state index contributed by atoms with van der Waals surface area (Å²) >= 11 is 0. The van der Waals surface area contributed by atoms with Gasteiger partial charge in [-0.3, -0.25) is 9.69 Å². The molecule has 0 aliphatic heterocycles. The number of likely N-dealkylation sites (N-methyl/N-ethyl adjacent to an activating group) is 1. The predicted molar refractivity (Wildman–Crippen MR) is 86.2 cm³/mol. The van der Waals surface area contributed by atoms with E-state index in [1.807, 2.05) is 18.9 Å². The van der Waals surface area contributed by atoms with E-state index in [0.717, 1.165) is 19.4 Å².